The van der Waals surface area contributed by atoms with Crippen LogP contribution >= 0.6 is 0 Å². The van der Waals surface area contributed by atoms with Crippen LogP contribution in [0, 0.1) is 13.8 Å². The summed E-state index contributed by atoms with van der Waals surface area (Å²) in [5.41, 5.74) is 16.0. The predicted molar refractivity (Wildman–Crippen MR) is 167 cm³/mol. The third-order valence-electron chi connectivity index (χ3n) is 9.92. The van der Waals surface area contributed by atoms with Crippen LogP contribution in [0.4, 0.5) is 0 Å². The van der Waals surface area contributed by atoms with Gasteiger partial charge in [-0.3, -0.25) is 0 Å². The van der Waals surface area contributed by atoms with E-state index in [1.807, 2.05) is 0 Å². The molecule has 1 fully saturated rings. The second-order valence-electron chi connectivity index (χ2n) is 12.8. The van der Waals surface area contributed by atoms with Crippen LogP contribution in [0.5, 0.6) is 0 Å². The molecule has 2 aromatic heterocycles. The molecule has 0 N–H and O–H groups in total. The van der Waals surface area contributed by atoms with Gasteiger partial charge in [0.2, 0.25) is 5.69 Å². The number of para-hydroxylation sites is 1. The van der Waals surface area contributed by atoms with Crippen LogP contribution in [0.15, 0.2) is 59.1 Å². The van der Waals surface area contributed by atoms with Gasteiger partial charge in [0.1, 0.15) is 18.2 Å². The Morgan fingerprint density at radius 1 is 0.775 bits per heavy atom. The number of rotatable bonds is 4. The number of nitrogens with zero attached hydrogens (tertiary/aromatic N) is 1. The van der Waals surface area contributed by atoms with Crippen LogP contribution < -0.4 is 4.57 Å². The fourth-order valence-electron chi connectivity index (χ4n) is 7.94. The number of hydrogen-bond acceptors (Lipinski definition) is 1. The van der Waals surface area contributed by atoms with Crippen molar-refractivity contribution in [2.24, 2.45) is 7.05 Å². The molecule has 0 amide bonds. The first-order chi connectivity index (χ1) is 19.4. The molecule has 5 aromatic rings. The van der Waals surface area contributed by atoms with Crippen molar-refractivity contribution < 1.29 is 8.98 Å². The van der Waals surface area contributed by atoms with Crippen molar-refractivity contribution in [1.29, 1.82) is 0 Å². The molecular weight excluding hydrogens is 486 g/mol. The van der Waals surface area contributed by atoms with Crippen molar-refractivity contribution in [3.05, 3.63) is 88.1 Å². The van der Waals surface area contributed by atoms with Crippen LogP contribution in [0.3, 0.4) is 0 Å². The van der Waals surface area contributed by atoms with E-state index in [1.165, 1.54) is 101 Å². The fraction of sp³-hybridized carbons (Fsp3) is 0.395. The van der Waals surface area contributed by atoms with Crippen LogP contribution in [0.25, 0.3) is 44.3 Å². The zero-order valence-corrected chi connectivity index (χ0v) is 24.9. The number of hydrogen-bond donors (Lipinski definition) is 0. The van der Waals surface area contributed by atoms with Gasteiger partial charge < -0.3 is 4.42 Å². The van der Waals surface area contributed by atoms with Crippen LogP contribution in [0.1, 0.15) is 97.6 Å². The Morgan fingerprint density at radius 2 is 1.55 bits per heavy atom. The average Bonchev–Trinajstić information content (AvgIpc) is 3.59. The normalized spacial score (nSPS) is 15.9. The highest BCUT2D eigenvalue weighted by Gasteiger charge is 2.27. The van der Waals surface area contributed by atoms with E-state index in [1.54, 1.807) is 16.7 Å². The molecule has 2 nitrogen and oxygen atoms in total. The predicted octanol–water partition coefficient (Wildman–Crippen LogP) is 10.0. The van der Waals surface area contributed by atoms with E-state index in [2.05, 4.69) is 94.0 Å². The summed E-state index contributed by atoms with van der Waals surface area (Å²) >= 11 is 0. The lowest BCUT2D eigenvalue weighted by molar-refractivity contribution is -0.660. The second-order valence-corrected chi connectivity index (χ2v) is 12.8. The van der Waals surface area contributed by atoms with Gasteiger partial charge in [-0.15, -0.1) is 0 Å². The highest BCUT2D eigenvalue weighted by molar-refractivity contribution is 6.13. The van der Waals surface area contributed by atoms with Gasteiger partial charge in [-0.25, -0.2) is 4.57 Å². The first-order valence-corrected chi connectivity index (χ1v) is 15.5. The molecule has 0 unspecified atom stereocenters. The van der Waals surface area contributed by atoms with Crippen molar-refractivity contribution in [2.45, 2.75) is 90.9 Å². The Hall–Kier alpha value is -3.39. The molecule has 0 aliphatic heterocycles. The summed E-state index contributed by atoms with van der Waals surface area (Å²) in [5.74, 6) is 1.23. The average molecular weight is 529 g/mol. The molecule has 204 valence electrons. The monoisotopic (exact) mass is 528 g/mol. The number of pyridine rings is 1. The number of aryl methyl sites for hydroxylation is 3. The SMILES string of the molecule is Cc1c[n+](C)c(-c2c(C)ccc3c2oc2c(-c4ccc(C5CCCCC5)c5c4CCC5)cccc23)cc1C(C)C. The molecule has 0 bridgehead atoms. The number of fused-ring (bicyclic) bond motifs is 4. The van der Waals surface area contributed by atoms with E-state index in [4.69, 9.17) is 4.42 Å². The molecule has 0 spiro atoms. The van der Waals surface area contributed by atoms with E-state index in [-0.39, 0.29) is 0 Å². The third-order valence-corrected chi connectivity index (χ3v) is 9.92. The lowest BCUT2D eigenvalue weighted by Gasteiger charge is -2.25. The Balaban J connectivity index is 1.44. The lowest BCUT2D eigenvalue weighted by atomic mass is 9.80. The van der Waals surface area contributed by atoms with E-state index in [0.717, 1.165) is 17.1 Å². The summed E-state index contributed by atoms with van der Waals surface area (Å²) in [4.78, 5) is 0. The number of benzene rings is 3. The van der Waals surface area contributed by atoms with E-state index in [0.29, 0.717) is 5.92 Å². The van der Waals surface area contributed by atoms with Gasteiger partial charge in [0, 0.05) is 28.0 Å². The molecule has 0 radical (unpaired) electrons. The maximum Gasteiger partial charge on any atom is 0.216 e. The van der Waals surface area contributed by atoms with E-state index >= 15 is 0 Å². The van der Waals surface area contributed by atoms with Crippen molar-refractivity contribution in [3.8, 4) is 22.4 Å². The smallest absolute Gasteiger partial charge is 0.216 e. The van der Waals surface area contributed by atoms with Crippen LogP contribution in [0.2, 0.25) is 0 Å². The largest absolute Gasteiger partial charge is 0.454 e. The van der Waals surface area contributed by atoms with Gasteiger partial charge in [-0.1, -0.05) is 75.6 Å². The molecule has 7 rings (SSSR count). The summed E-state index contributed by atoms with van der Waals surface area (Å²) in [7, 11) is 2.16. The summed E-state index contributed by atoms with van der Waals surface area (Å²) in [6.45, 7) is 9.00. The number of aromatic nitrogens is 1. The molecule has 40 heavy (non-hydrogen) atoms. The Morgan fingerprint density at radius 3 is 2.35 bits per heavy atom. The number of furan rings is 1. The van der Waals surface area contributed by atoms with Crippen molar-refractivity contribution in [1.82, 2.24) is 0 Å². The minimum atomic E-state index is 0.473. The maximum atomic E-state index is 6.98. The minimum absolute atomic E-state index is 0.473. The van der Waals surface area contributed by atoms with E-state index in [9.17, 15) is 0 Å². The van der Waals surface area contributed by atoms with Crippen molar-refractivity contribution >= 4 is 21.9 Å². The lowest BCUT2D eigenvalue weighted by Crippen LogP contribution is -2.32. The molecule has 0 atom stereocenters. The quantitative estimate of drug-likeness (QED) is 0.212. The molecule has 2 aliphatic rings. The molecule has 2 heteroatoms. The minimum Gasteiger partial charge on any atom is -0.454 e. The first-order valence-electron chi connectivity index (χ1n) is 15.5. The van der Waals surface area contributed by atoms with Gasteiger partial charge in [0.25, 0.3) is 0 Å². The van der Waals surface area contributed by atoms with Gasteiger partial charge >= 0.3 is 0 Å². The van der Waals surface area contributed by atoms with Gasteiger partial charge in [0.15, 0.2) is 6.20 Å². The summed E-state index contributed by atoms with van der Waals surface area (Å²) in [5, 5.41) is 2.43. The topological polar surface area (TPSA) is 17.0 Å². The third kappa shape index (κ3) is 4.02. The molecule has 2 aliphatic carbocycles. The molecule has 2 heterocycles. The summed E-state index contributed by atoms with van der Waals surface area (Å²) in [6, 6.07) is 18.6. The Kier molecular flexibility index (Phi) is 6.33. The molecule has 3 aromatic carbocycles. The van der Waals surface area contributed by atoms with Crippen LogP contribution in [-0.4, -0.2) is 0 Å². The zero-order chi connectivity index (χ0) is 27.5. The van der Waals surface area contributed by atoms with E-state index < -0.39 is 0 Å². The fourth-order valence-corrected chi connectivity index (χ4v) is 7.94. The summed E-state index contributed by atoms with van der Waals surface area (Å²) < 4.78 is 9.25. The first kappa shape index (κ1) is 25.6. The van der Waals surface area contributed by atoms with Gasteiger partial charge in [0.05, 0.1) is 5.56 Å². The standard InChI is InChI=1S/C38H42NO/c1-23(2)34-21-35(39(5)22-25(34)4)36-24(3)17-18-33-32-16-10-15-31(37(32)40-38(33)36)30-20-19-27(26-11-7-6-8-12-26)28-13-9-14-29(28)30/h10,15-23,26H,6-9,11-14H2,1-5H3/q+1. The second kappa shape index (κ2) is 9.91. The highest BCUT2D eigenvalue weighted by Crippen LogP contribution is 2.45. The molecule has 0 saturated heterocycles. The van der Waals surface area contributed by atoms with Crippen molar-refractivity contribution in [2.75, 3.05) is 0 Å². The molecule has 1 saturated carbocycles. The van der Waals surface area contributed by atoms with Gasteiger partial charge in [-0.05, 0) is 91.2 Å². The Bertz CT molecular complexity index is 1760. The van der Waals surface area contributed by atoms with Crippen molar-refractivity contribution in [3.63, 3.8) is 0 Å². The van der Waals surface area contributed by atoms with Crippen LogP contribution in [-0.2, 0) is 19.9 Å². The maximum absolute atomic E-state index is 6.98. The highest BCUT2D eigenvalue weighted by atomic mass is 16.3. The van der Waals surface area contributed by atoms with Gasteiger partial charge in [-0.2, -0.15) is 0 Å². The zero-order valence-electron chi connectivity index (χ0n) is 24.9. The summed E-state index contributed by atoms with van der Waals surface area (Å²) in [6.07, 6.45) is 12.9. The molecular formula is C38H42NO+. The Labute approximate surface area is 239 Å².